The maximum Gasteiger partial charge on any atom is -0.0127 e. The SMILES string of the molecule is CCCCC[N-][N+](=O)[O-]. The van der Waals surface area contributed by atoms with Crippen molar-refractivity contribution in [2.75, 3.05) is 6.54 Å². The van der Waals surface area contributed by atoms with E-state index >= 15 is 0 Å². The lowest BCUT2D eigenvalue weighted by Crippen LogP contribution is -1.93. The summed E-state index contributed by atoms with van der Waals surface area (Å²) in [6.07, 6.45) is 2.93. The van der Waals surface area contributed by atoms with Gasteiger partial charge in [-0.05, 0) is 5.03 Å². The van der Waals surface area contributed by atoms with Crippen molar-refractivity contribution in [1.29, 1.82) is 0 Å². The predicted octanol–water partition coefficient (Wildman–Crippen LogP) is 1.74. The smallest absolute Gasteiger partial charge is 0.0127 e. The number of nitrogens with zero attached hydrogens (tertiary/aromatic N) is 2. The van der Waals surface area contributed by atoms with Gasteiger partial charge in [0.05, 0.1) is 0 Å². The highest BCUT2D eigenvalue weighted by molar-refractivity contribution is 4.59. The fourth-order valence-electron chi connectivity index (χ4n) is 0.514. The van der Waals surface area contributed by atoms with E-state index in [1.807, 2.05) is 6.92 Å². The zero-order valence-electron chi connectivity index (χ0n) is 5.54. The molecule has 0 fully saturated rings. The first-order chi connectivity index (χ1) is 4.27. The first kappa shape index (κ1) is 8.20. The Morgan fingerprint density at radius 3 is 2.67 bits per heavy atom. The number of nitro groups is 1. The van der Waals surface area contributed by atoms with Crippen LogP contribution in [0.15, 0.2) is 0 Å². The van der Waals surface area contributed by atoms with Gasteiger partial charge in [-0.3, -0.25) is 10.1 Å². The molecule has 0 heterocycles. The lowest BCUT2D eigenvalue weighted by atomic mass is 10.3. The molecule has 0 aliphatic rings. The summed E-state index contributed by atoms with van der Waals surface area (Å²) in [6.45, 7) is 2.41. The van der Waals surface area contributed by atoms with Crippen LogP contribution in [-0.4, -0.2) is 11.6 Å². The monoisotopic (exact) mass is 131 g/mol. The second-order valence-electron chi connectivity index (χ2n) is 1.81. The highest BCUT2D eigenvalue weighted by Crippen LogP contribution is 1.97. The van der Waals surface area contributed by atoms with Crippen LogP contribution in [0.1, 0.15) is 26.2 Å². The lowest BCUT2D eigenvalue weighted by Gasteiger charge is -2.06. The van der Waals surface area contributed by atoms with E-state index in [1.54, 1.807) is 0 Å². The summed E-state index contributed by atoms with van der Waals surface area (Å²) in [5.41, 5.74) is 3.08. The molecule has 0 saturated carbocycles. The Labute approximate surface area is 54.4 Å². The number of rotatable bonds is 5. The van der Waals surface area contributed by atoms with Crippen LogP contribution in [0.3, 0.4) is 0 Å². The summed E-state index contributed by atoms with van der Waals surface area (Å²) in [5.74, 6) is 0. The molecule has 0 saturated heterocycles. The van der Waals surface area contributed by atoms with Gasteiger partial charge in [0.1, 0.15) is 0 Å². The summed E-state index contributed by atoms with van der Waals surface area (Å²) in [7, 11) is 0. The van der Waals surface area contributed by atoms with E-state index in [4.69, 9.17) is 0 Å². The molecule has 0 radical (unpaired) electrons. The third-order valence-electron chi connectivity index (χ3n) is 0.977. The van der Waals surface area contributed by atoms with Gasteiger partial charge in [-0.15, -0.1) is 0 Å². The van der Waals surface area contributed by atoms with Crippen LogP contribution in [0.25, 0.3) is 5.43 Å². The van der Waals surface area contributed by atoms with Crippen molar-refractivity contribution < 1.29 is 5.03 Å². The molecule has 54 valence electrons. The molecule has 0 aliphatic carbocycles. The minimum atomic E-state index is -0.629. The molecule has 9 heavy (non-hydrogen) atoms. The first-order valence-corrected chi connectivity index (χ1v) is 3.09. The minimum Gasteiger partial charge on any atom is -0.379 e. The van der Waals surface area contributed by atoms with E-state index in [0.717, 1.165) is 19.3 Å². The second-order valence-corrected chi connectivity index (χ2v) is 1.81. The van der Waals surface area contributed by atoms with Crippen molar-refractivity contribution in [3.8, 4) is 0 Å². The Morgan fingerprint density at radius 2 is 2.22 bits per heavy atom. The van der Waals surface area contributed by atoms with Crippen molar-refractivity contribution >= 4 is 0 Å². The normalized spacial score (nSPS) is 9.00. The lowest BCUT2D eigenvalue weighted by molar-refractivity contribution is -0.426. The number of unbranched alkanes of at least 4 members (excludes halogenated alkanes) is 2. The third kappa shape index (κ3) is 7.20. The molecule has 4 heteroatoms. The molecular weight excluding hydrogens is 120 g/mol. The van der Waals surface area contributed by atoms with Gasteiger partial charge >= 0.3 is 0 Å². The summed E-state index contributed by atoms with van der Waals surface area (Å²) >= 11 is 0. The Bertz CT molecular complexity index is 85.0. The van der Waals surface area contributed by atoms with Gasteiger partial charge in [0.25, 0.3) is 0 Å². The van der Waals surface area contributed by atoms with Crippen molar-refractivity contribution in [1.82, 2.24) is 0 Å². The van der Waals surface area contributed by atoms with Crippen LogP contribution >= 0.6 is 0 Å². The summed E-state index contributed by atoms with van der Waals surface area (Å²) in [4.78, 5) is 9.60. The second kappa shape index (κ2) is 5.34. The molecule has 0 bridgehead atoms. The predicted molar refractivity (Wildman–Crippen MR) is 34.7 cm³/mol. The van der Waals surface area contributed by atoms with Crippen LogP contribution in [0, 0.1) is 10.1 Å². The molecule has 0 aromatic rings. The van der Waals surface area contributed by atoms with Gasteiger partial charge < -0.3 is 5.43 Å². The molecule has 0 aliphatic heterocycles. The van der Waals surface area contributed by atoms with Gasteiger partial charge in [0.2, 0.25) is 0 Å². The van der Waals surface area contributed by atoms with E-state index in [1.165, 1.54) is 0 Å². The molecular formula is C5H11N2O2-. The zero-order valence-corrected chi connectivity index (χ0v) is 5.54. The van der Waals surface area contributed by atoms with E-state index in [2.05, 4.69) is 5.43 Å². The van der Waals surface area contributed by atoms with Gasteiger partial charge in [0.15, 0.2) is 0 Å². The summed E-state index contributed by atoms with van der Waals surface area (Å²) < 4.78 is 0. The van der Waals surface area contributed by atoms with Crippen LogP contribution < -0.4 is 0 Å². The number of hydrogen-bond donors (Lipinski definition) is 0. The maximum atomic E-state index is 9.60. The van der Waals surface area contributed by atoms with Gasteiger partial charge in [-0.2, -0.15) is 0 Å². The molecule has 0 aromatic heterocycles. The van der Waals surface area contributed by atoms with E-state index < -0.39 is 5.03 Å². The third-order valence-corrected chi connectivity index (χ3v) is 0.977. The van der Waals surface area contributed by atoms with Crippen LogP contribution in [0.2, 0.25) is 0 Å². The average molecular weight is 131 g/mol. The van der Waals surface area contributed by atoms with Crippen LogP contribution in [0.5, 0.6) is 0 Å². The molecule has 0 rings (SSSR count). The quantitative estimate of drug-likeness (QED) is 0.324. The molecule has 4 nitrogen and oxygen atoms in total. The Hall–Kier alpha value is -0.800. The topological polar surface area (TPSA) is 57.2 Å². The van der Waals surface area contributed by atoms with Gasteiger partial charge in [0, 0.05) is 0 Å². The van der Waals surface area contributed by atoms with Crippen LogP contribution in [0.4, 0.5) is 0 Å². The van der Waals surface area contributed by atoms with Crippen molar-refractivity contribution in [2.24, 2.45) is 0 Å². The zero-order chi connectivity index (χ0) is 7.11. The Balaban J connectivity index is 2.83. The highest BCUT2D eigenvalue weighted by Gasteiger charge is 1.80. The van der Waals surface area contributed by atoms with E-state index in [0.29, 0.717) is 6.54 Å². The van der Waals surface area contributed by atoms with Crippen molar-refractivity contribution in [2.45, 2.75) is 26.2 Å². The fourth-order valence-corrected chi connectivity index (χ4v) is 0.514. The Morgan fingerprint density at radius 1 is 1.56 bits per heavy atom. The number of hydrogen-bond acceptors (Lipinski definition) is 2. The molecule has 0 N–H and O–H groups in total. The molecule has 0 amide bonds. The summed E-state index contributed by atoms with van der Waals surface area (Å²) in [5, 5.41) is 8.97. The van der Waals surface area contributed by atoms with Crippen molar-refractivity contribution in [3.05, 3.63) is 15.5 Å². The molecule has 0 spiro atoms. The highest BCUT2D eigenvalue weighted by atomic mass is 16.7. The average Bonchev–Trinajstić information content (AvgIpc) is 1.80. The van der Waals surface area contributed by atoms with Crippen LogP contribution in [-0.2, 0) is 0 Å². The largest absolute Gasteiger partial charge is 0.379 e. The van der Waals surface area contributed by atoms with E-state index in [9.17, 15) is 10.1 Å². The summed E-state index contributed by atoms with van der Waals surface area (Å²) in [6, 6.07) is 0. The first-order valence-electron chi connectivity index (χ1n) is 3.09. The maximum absolute atomic E-state index is 9.60. The Kier molecular flexibility index (Phi) is 4.86. The molecule has 0 atom stereocenters. The standard InChI is InChI=1S/C5H11N2O2/c1-2-3-4-5-6-7(8)9/h2-5H2,1H3/q-1. The van der Waals surface area contributed by atoms with E-state index in [-0.39, 0.29) is 0 Å². The van der Waals surface area contributed by atoms with Gasteiger partial charge in [-0.1, -0.05) is 32.7 Å². The van der Waals surface area contributed by atoms with Crippen molar-refractivity contribution in [3.63, 3.8) is 0 Å². The molecule has 0 aromatic carbocycles. The van der Waals surface area contributed by atoms with Gasteiger partial charge in [-0.25, -0.2) is 0 Å². The fraction of sp³-hybridized carbons (Fsp3) is 1.00. The minimum absolute atomic E-state index is 0.362. The molecule has 0 unspecified atom stereocenters.